The maximum absolute atomic E-state index is 13.2. The second-order valence-electron chi connectivity index (χ2n) is 3.64. The van der Waals surface area contributed by atoms with Gasteiger partial charge in [-0.2, -0.15) is 4.98 Å². The highest BCUT2D eigenvalue weighted by atomic mass is 32.2. The van der Waals surface area contributed by atoms with E-state index >= 15 is 0 Å². The molecule has 1 aromatic rings. The van der Waals surface area contributed by atoms with Gasteiger partial charge >= 0.3 is 5.69 Å². The van der Waals surface area contributed by atoms with Crippen LogP contribution in [-0.4, -0.2) is 26.5 Å². The van der Waals surface area contributed by atoms with Crippen molar-refractivity contribution in [3.8, 4) is 0 Å². The first-order chi connectivity index (χ1) is 7.61. The summed E-state index contributed by atoms with van der Waals surface area (Å²) in [6, 6.07) is 0. The predicted molar refractivity (Wildman–Crippen MR) is 59.6 cm³/mol. The summed E-state index contributed by atoms with van der Waals surface area (Å²) < 4.78 is 14.4. The lowest BCUT2D eigenvalue weighted by Crippen LogP contribution is -2.26. The first-order valence-corrected chi connectivity index (χ1v) is 5.86. The summed E-state index contributed by atoms with van der Waals surface area (Å²) in [5.41, 5.74) is 4.65. The molecule has 1 fully saturated rings. The zero-order valence-electron chi connectivity index (χ0n) is 8.47. The highest BCUT2D eigenvalue weighted by molar-refractivity contribution is 8.00. The number of aromatic nitrogens is 2. The minimum atomic E-state index is -0.687. The van der Waals surface area contributed by atoms with E-state index in [0.717, 1.165) is 19.0 Å². The highest BCUT2D eigenvalue weighted by Gasteiger charge is 2.27. The van der Waals surface area contributed by atoms with E-state index in [-0.39, 0.29) is 23.0 Å². The Morgan fingerprint density at radius 1 is 1.69 bits per heavy atom. The van der Waals surface area contributed by atoms with E-state index in [9.17, 15) is 9.18 Å². The van der Waals surface area contributed by atoms with Crippen LogP contribution in [0.15, 0.2) is 11.0 Å². The Hall–Kier alpha value is -1.08. The minimum absolute atomic E-state index is 0.0702. The third-order valence-electron chi connectivity index (χ3n) is 2.53. The van der Waals surface area contributed by atoms with Gasteiger partial charge < -0.3 is 10.8 Å². The van der Waals surface area contributed by atoms with Gasteiger partial charge in [-0.15, -0.1) is 11.8 Å². The number of aliphatic hydroxyl groups is 1. The van der Waals surface area contributed by atoms with Crippen LogP contribution in [0.2, 0.25) is 0 Å². The Kier molecular flexibility index (Phi) is 3.15. The number of hydrogen-bond acceptors (Lipinski definition) is 5. The molecule has 3 N–H and O–H groups in total. The normalized spacial score (nSPS) is 24.9. The van der Waals surface area contributed by atoms with E-state index in [1.807, 2.05) is 0 Å². The van der Waals surface area contributed by atoms with E-state index in [1.54, 1.807) is 0 Å². The summed E-state index contributed by atoms with van der Waals surface area (Å²) >= 11 is 1.46. The number of aliphatic hydroxyl groups excluding tert-OH is 1. The fourth-order valence-electron chi connectivity index (χ4n) is 1.69. The quantitative estimate of drug-likeness (QED) is 0.785. The van der Waals surface area contributed by atoms with Gasteiger partial charge in [-0.05, 0) is 12.8 Å². The van der Waals surface area contributed by atoms with E-state index in [0.29, 0.717) is 0 Å². The van der Waals surface area contributed by atoms with Crippen LogP contribution in [0.5, 0.6) is 0 Å². The number of nitrogens with zero attached hydrogens (tertiary/aromatic N) is 2. The molecule has 0 amide bonds. The molecule has 0 radical (unpaired) electrons. The molecule has 1 aliphatic rings. The molecule has 1 saturated heterocycles. The zero-order chi connectivity index (χ0) is 11.7. The molecule has 2 heterocycles. The number of halogens is 1. The standard InChI is InChI=1S/C9H12FN3O2S/c10-6-3-13(9(15)12-8(6)11)7-2-1-5(4-14)16-7/h3,5,7,14H,1-2,4H2,(H2,11,12,15)/t5-,7+/m0/s1. The summed E-state index contributed by atoms with van der Waals surface area (Å²) in [5.74, 6) is -1.06. The number of hydrogen-bond donors (Lipinski definition) is 2. The average Bonchev–Trinajstić information content (AvgIpc) is 2.71. The highest BCUT2D eigenvalue weighted by Crippen LogP contribution is 2.40. The van der Waals surface area contributed by atoms with Gasteiger partial charge in [-0.1, -0.05) is 0 Å². The molecule has 0 bridgehead atoms. The van der Waals surface area contributed by atoms with Crippen molar-refractivity contribution in [1.82, 2.24) is 9.55 Å². The number of anilines is 1. The van der Waals surface area contributed by atoms with Gasteiger partial charge in [0.05, 0.1) is 12.0 Å². The maximum Gasteiger partial charge on any atom is 0.350 e. The summed E-state index contributed by atoms with van der Waals surface area (Å²) in [6.07, 6.45) is 2.62. The molecule has 88 valence electrons. The van der Waals surface area contributed by atoms with Crippen LogP contribution in [-0.2, 0) is 0 Å². The molecule has 7 heteroatoms. The topological polar surface area (TPSA) is 81.1 Å². The summed E-state index contributed by atoms with van der Waals surface area (Å²) in [7, 11) is 0. The second kappa shape index (κ2) is 4.42. The number of nitrogen functional groups attached to an aromatic ring is 1. The molecule has 0 aliphatic carbocycles. The Balaban J connectivity index is 2.28. The monoisotopic (exact) mass is 245 g/mol. The van der Waals surface area contributed by atoms with Crippen molar-refractivity contribution >= 4 is 17.6 Å². The van der Waals surface area contributed by atoms with Gasteiger partial charge in [-0.25, -0.2) is 9.18 Å². The first-order valence-electron chi connectivity index (χ1n) is 4.92. The van der Waals surface area contributed by atoms with Crippen LogP contribution in [0.1, 0.15) is 18.2 Å². The number of rotatable bonds is 2. The molecule has 1 aliphatic heterocycles. The van der Waals surface area contributed by atoms with Gasteiger partial charge in [-0.3, -0.25) is 4.57 Å². The van der Waals surface area contributed by atoms with Crippen molar-refractivity contribution in [3.05, 3.63) is 22.5 Å². The van der Waals surface area contributed by atoms with Gasteiger partial charge in [0.2, 0.25) is 0 Å². The van der Waals surface area contributed by atoms with Crippen molar-refractivity contribution in [2.75, 3.05) is 12.3 Å². The van der Waals surface area contributed by atoms with Gasteiger partial charge in [0.1, 0.15) is 0 Å². The van der Waals surface area contributed by atoms with Crippen LogP contribution >= 0.6 is 11.8 Å². The Labute approximate surface area is 95.5 Å². The maximum atomic E-state index is 13.2. The van der Waals surface area contributed by atoms with E-state index in [2.05, 4.69) is 4.98 Å². The van der Waals surface area contributed by atoms with Crippen molar-refractivity contribution < 1.29 is 9.50 Å². The fourth-order valence-corrected chi connectivity index (χ4v) is 3.05. The number of thioether (sulfide) groups is 1. The summed E-state index contributed by atoms with van der Waals surface area (Å²) in [6.45, 7) is 0.0702. The van der Waals surface area contributed by atoms with Crippen LogP contribution in [0, 0.1) is 5.82 Å². The molecule has 1 aromatic heterocycles. The first kappa shape index (κ1) is 11.4. The lowest BCUT2D eigenvalue weighted by atomic mass is 10.2. The van der Waals surface area contributed by atoms with Crippen LogP contribution in [0.25, 0.3) is 0 Å². The second-order valence-corrected chi connectivity index (χ2v) is 5.12. The minimum Gasteiger partial charge on any atom is -0.395 e. The Morgan fingerprint density at radius 3 is 3.06 bits per heavy atom. The third-order valence-corrected chi connectivity index (χ3v) is 4.08. The largest absolute Gasteiger partial charge is 0.395 e. The lowest BCUT2D eigenvalue weighted by Gasteiger charge is -2.13. The van der Waals surface area contributed by atoms with E-state index in [1.165, 1.54) is 16.3 Å². The molecule has 0 spiro atoms. The molecule has 5 nitrogen and oxygen atoms in total. The van der Waals surface area contributed by atoms with Crippen molar-refractivity contribution in [1.29, 1.82) is 0 Å². The van der Waals surface area contributed by atoms with Crippen LogP contribution in [0.4, 0.5) is 10.2 Å². The summed E-state index contributed by atoms with van der Waals surface area (Å²) in [5, 5.41) is 8.93. The molecule has 2 rings (SSSR count). The van der Waals surface area contributed by atoms with Crippen molar-refractivity contribution in [3.63, 3.8) is 0 Å². The van der Waals surface area contributed by atoms with Crippen LogP contribution < -0.4 is 11.4 Å². The van der Waals surface area contributed by atoms with Gasteiger partial charge in [0, 0.05) is 11.4 Å². The van der Waals surface area contributed by atoms with Crippen molar-refractivity contribution in [2.24, 2.45) is 0 Å². The molecule has 0 aromatic carbocycles. The SMILES string of the molecule is Nc1nc(=O)n([C@H]2CC[C@@H](CO)S2)cc1F. The zero-order valence-corrected chi connectivity index (χ0v) is 9.28. The molecular formula is C9H12FN3O2S. The number of nitrogens with two attached hydrogens (primary N) is 1. The van der Waals surface area contributed by atoms with Gasteiger partial charge in [0.25, 0.3) is 0 Å². The van der Waals surface area contributed by atoms with E-state index < -0.39 is 11.5 Å². The lowest BCUT2D eigenvalue weighted by molar-refractivity contribution is 0.292. The molecule has 16 heavy (non-hydrogen) atoms. The third kappa shape index (κ3) is 2.05. The summed E-state index contributed by atoms with van der Waals surface area (Å²) in [4.78, 5) is 14.9. The Morgan fingerprint density at radius 2 is 2.44 bits per heavy atom. The average molecular weight is 245 g/mol. The molecular weight excluding hydrogens is 233 g/mol. The molecule has 0 saturated carbocycles. The predicted octanol–water partition coefficient (Wildman–Crippen LogP) is 0.351. The van der Waals surface area contributed by atoms with E-state index in [4.69, 9.17) is 10.8 Å². The van der Waals surface area contributed by atoms with Gasteiger partial charge in [0.15, 0.2) is 11.6 Å². The smallest absolute Gasteiger partial charge is 0.350 e. The molecule has 0 unspecified atom stereocenters. The Bertz CT molecular complexity index is 451. The van der Waals surface area contributed by atoms with Crippen LogP contribution in [0.3, 0.4) is 0 Å². The fraction of sp³-hybridized carbons (Fsp3) is 0.556. The molecule has 2 atom stereocenters. The van der Waals surface area contributed by atoms with Crippen molar-refractivity contribution in [2.45, 2.75) is 23.5 Å².